The van der Waals surface area contributed by atoms with E-state index in [2.05, 4.69) is 15.4 Å². The van der Waals surface area contributed by atoms with Crippen LogP contribution in [0.4, 0.5) is 13.2 Å². The normalized spacial score (nSPS) is 17.7. The Morgan fingerprint density at radius 1 is 1.41 bits per heavy atom. The molecule has 1 aromatic carbocycles. The summed E-state index contributed by atoms with van der Waals surface area (Å²) in [5.41, 5.74) is 0.154. The van der Waals surface area contributed by atoms with Crippen LogP contribution in [-0.4, -0.2) is 31.9 Å². The summed E-state index contributed by atoms with van der Waals surface area (Å²) in [7, 11) is 0. The zero-order chi connectivity index (χ0) is 15.3. The monoisotopic (exact) mass is 338 g/mol. The predicted octanol–water partition coefficient (Wildman–Crippen LogP) is 2.74. The molecule has 1 aliphatic heterocycles. The molecule has 2 N–H and O–H groups in total. The molecule has 4 nitrogen and oxygen atoms in total. The lowest BCUT2D eigenvalue weighted by Crippen LogP contribution is -2.26. The average molecular weight is 339 g/mol. The van der Waals surface area contributed by atoms with Crippen molar-refractivity contribution in [3.8, 4) is 5.75 Å². The Hall–Kier alpha value is -1.47. The van der Waals surface area contributed by atoms with Gasteiger partial charge in [0.2, 0.25) is 0 Å². The first-order valence-corrected chi connectivity index (χ1v) is 6.79. The molecule has 0 aliphatic carbocycles. The highest BCUT2D eigenvalue weighted by Crippen LogP contribution is 2.23. The van der Waals surface area contributed by atoms with Crippen molar-refractivity contribution in [3.63, 3.8) is 0 Å². The van der Waals surface area contributed by atoms with Crippen LogP contribution in [-0.2, 0) is 0 Å². The highest BCUT2D eigenvalue weighted by molar-refractivity contribution is 5.94. The maximum atomic E-state index is 12.1. The Bertz CT molecular complexity index is 491. The zero-order valence-electron chi connectivity index (χ0n) is 11.8. The van der Waals surface area contributed by atoms with Gasteiger partial charge in [-0.2, -0.15) is 0 Å². The summed E-state index contributed by atoms with van der Waals surface area (Å²) in [5.74, 6) is -0.242. The number of rotatable bonds is 5. The minimum atomic E-state index is -4.76. The third kappa shape index (κ3) is 6.11. The van der Waals surface area contributed by atoms with E-state index in [-0.39, 0.29) is 18.0 Å². The van der Waals surface area contributed by atoms with Crippen LogP contribution in [0.25, 0.3) is 0 Å². The maximum Gasteiger partial charge on any atom is 0.573 e. The van der Waals surface area contributed by atoms with Crippen molar-refractivity contribution in [2.45, 2.75) is 19.2 Å². The van der Waals surface area contributed by atoms with Gasteiger partial charge in [-0.25, -0.2) is 0 Å². The number of hydrogen-bond acceptors (Lipinski definition) is 3. The highest BCUT2D eigenvalue weighted by Gasteiger charge is 2.31. The van der Waals surface area contributed by atoms with Gasteiger partial charge in [0.25, 0.3) is 5.91 Å². The molecule has 0 spiro atoms. The van der Waals surface area contributed by atoms with Crippen molar-refractivity contribution in [2.24, 2.45) is 5.92 Å². The number of amides is 1. The standard InChI is InChI=1S/C14H17F3N2O2.ClH/c15-14(16,17)21-12-3-1-2-11(8-12)13(20)19-7-5-10-4-6-18-9-10;/h1-3,8,10,18H,4-7,9H2,(H,19,20);1H. The van der Waals surface area contributed by atoms with E-state index in [1.165, 1.54) is 12.1 Å². The number of hydrogen-bond donors (Lipinski definition) is 2. The molecular formula is C14H18ClF3N2O2. The Morgan fingerprint density at radius 3 is 2.82 bits per heavy atom. The van der Waals surface area contributed by atoms with Crippen LogP contribution < -0.4 is 15.4 Å². The quantitative estimate of drug-likeness (QED) is 0.868. The Balaban J connectivity index is 0.00000242. The third-order valence-corrected chi connectivity index (χ3v) is 3.33. The lowest BCUT2D eigenvalue weighted by atomic mass is 10.1. The molecule has 1 aromatic rings. The van der Waals surface area contributed by atoms with Crippen molar-refractivity contribution >= 4 is 18.3 Å². The Morgan fingerprint density at radius 2 is 2.18 bits per heavy atom. The van der Waals surface area contributed by atoms with Gasteiger partial charge in [-0.1, -0.05) is 6.07 Å². The van der Waals surface area contributed by atoms with E-state index in [1.807, 2.05) is 0 Å². The fraction of sp³-hybridized carbons (Fsp3) is 0.500. The van der Waals surface area contributed by atoms with Crippen LogP contribution in [0.1, 0.15) is 23.2 Å². The lowest BCUT2D eigenvalue weighted by molar-refractivity contribution is -0.274. The van der Waals surface area contributed by atoms with Gasteiger partial charge < -0.3 is 15.4 Å². The van der Waals surface area contributed by atoms with Gasteiger partial charge in [0.05, 0.1) is 0 Å². The van der Waals surface area contributed by atoms with Gasteiger partial charge >= 0.3 is 6.36 Å². The second-order valence-corrected chi connectivity index (χ2v) is 4.98. The maximum absolute atomic E-state index is 12.1. The van der Waals surface area contributed by atoms with E-state index in [0.29, 0.717) is 12.5 Å². The van der Waals surface area contributed by atoms with Crippen LogP contribution in [0.15, 0.2) is 24.3 Å². The third-order valence-electron chi connectivity index (χ3n) is 3.33. The topological polar surface area (TPSA) is 50.4 Å². The Kier molecular flexibility index (Phi) is 6.96. The molecule has 8 heteroatoms. The number of halogens is 4. The summed E-state index contributed by atoms with van der Waals surface area (Å²) < 4.78 is 40.2. The number of nitrogens with one attached hydrogen (secondary N) is 2. The van der Waals surface area contributed by atoms with Crippen LogP contribution in [0.2, 0.25) is 0 Å². The molecule has 0 aromatic heterocycles. The second-order valence-electron chi connectivity index (χ2n) is 4.98. The molecule has 1 unspecified atom stereocenters. The van der Waals surface area contributed by atoms with E-state index in [1.54, 1.807) is 0 Å². The summed E-state index contributed by atoms with van der Waals surface area (Å²) in [5, 5.41) is 5.95. The van der Waals surface area contributed by atoms with Crippen molar-refractivity contribution < 1.29 is 22.7 Å². The average Bonchev–Trinajstić information content (AvgIpc) is 2.90. The largest absolute Gasteiger partial charge is 0.573 e. The van der Waals surface area contributed by atoms with Crippen molar-refractivity contribution in [3.05, 3.63) is 29.8 Å². The second kappa shape index (κ2) is 8.24. The van der Waals surface area contributed by atoms with E-state index in [4.69, 9.17) is 0 Å². The number of ether oxygens (including phenoxy) is 1. The van der Waals surface area contributed by atoms with E-state index in [0.717, 1.165) is 38.1 Å². The van der Waals surface area contributed by atoms with Gasteiger partial charge in [-0.15, -0.1) is 25.6 Å². The smallest absolute Gasteiger partial charge is 0.406 e. The molecule has 0 radical (unpaired) electrons. The zero-order valence-corrected chi connectivity index (χ0v) is 12.6. The van der Waals surface area contributed by atoms with Gasteiger partial charge in [0.15, 0.2) is 0 Å². The molecular weight excluding hydrogens is 321 g/mol. The molecule has 0 bridgehead atoms. The van der Waals surface area contributed by atoms with Gasteiger partial charge in [-0.05, 0) is 50.0 Å². The fourth-order valence-corrected chi connectivity index (χ4v) is 2.29. The first kappa shape index (κ1) is 18.6. The Labute approximate surface area is 132 Å². The van der Waals surface area contributed by atoms with Crippen LogP contribution in [0, 0.1) is 5.92 Å². The molecule has 22 heavy (non-hydrogen) atoms. The van der Waals surface area contributed by atoms with Gasteiger partial charge in [-0.3, -0.25) is 4.79 Å². The van der Waals surface area contributed by atoms with Crippen LogP contribution in [0.5, 0.6) is 5.75 Å². The SMILES string of the molecule is Cl.O=C(NCCC1CCNC1)c1cccc(OC(F)(F)F)c1. The minimum absolute atomic E-state index is 0. The molecule has 2 rings (SSSR count). The molecule has 1 heterocycles. The minimum Gasteiger partial charge on any atom is -0.406 e. The molecule has 0 saturated carbocycles. The van der Waals surface area contributed by atoms with Crippen molar-refractivity contribution in [2.75, 3.05) is 19.6 Å². The lowest BCUT2D eigenvalue weighted by Gasteiger charge is -2.11. The van der Waals surface area contributed by atoms with Crippen LogP contribution >= 0.6 is 12.4 Å². The van der Waals surface area contributed by atoms with Gasteiger partial charge in [0.1, 0.15) is 5.75 Å². The molecule has 1 atom stereocenters. The fourth-order valence-electron chi connectivity index (χ4n) is 2.29. The predicted molar refractivity (Wildman–Crippen MR) is 78.3 cm³/mol. The summed E-state index contributed by atoms with van der Waals surface area (Å²) in [6.45, 7) is 2.45. The summed E-state index contributed by atoms with van der Waals surface area (Å²) >= 11 is 0. The van der Waals surface area contributed by atoms with Gasteiger partial charge in [0, 0.05) is 12.1 Å². The molecule has 124 valence electrons. The highest BCUT2D eigenvalue weighted by atomic mass is 35.5. The molecule has 1 aliphatic rings. The number of alkyl halides is 3. The molecule has 1 amide bonds. The summed E-state index contributed by atoms with van der Waals surface area (Å²) in [4.78, 5) is 11.9. The molecule has 1 saturated heterocycles. The summed E-state index contributed by atoms with van der Waals surface area (Å²) in [6, 6.07) is 5.06. The number of benzene rings is 1. The number of carbonyl (C=O) groups is 1. The first-order valence-electron chi connectivity index (χ1n) is 6.79. The molecule has 1 fully saturated rings. The van der Waals surface area contributed by atoms with Crippen molar-refractivity contribution in [1.82, 2.24) is 10.6 Å². The van der Waals surface area contributed by atoms with Crippen molar-refractivity contribution in [1.29, 1.82) is 0 Å². The summed E-state index contributed by atoms with van der Waals surface area (Å²) in [6.07, 6.45) is -2.81. The van der Waals surface area contributed by atoms with Crippen LogP contribution in [0.3, 0.4) is 0 Å². The van der Waals surface area contributed by atoms with E-state index >= 15 is 0 Å². The first-order chi connectivity index (χ1) is 9.94. The van der Waals surface area contributed by atoms with E-state index in [9.17, 15) is 18.0 Å². The van der Waals surface area contributed by atoms with E-state index < -0.39 is 18.0 Å². The number of carbonyl (C=O) groups excluding carboxylic acids is 1.